The highest BCUT2D eigenvalue weighted by Crippen LogP contribution is 2.26. The van der Waals surface area contributed by atoms with E-state index in [1.807, 2.05) is 18.7 Å². The Morgan fingerprint density at radius 2 is 2.00 bits per heavy atom. The van der Waals surface area contributed by atoms with E-state index >= 15 is 0 Å². The number of carbonyl (C=O) groups excluding carboxylic acids is 1. The minimum absolute atomic E-state index is 0.110. The van der Waals surface area contributed by atoms with Gasteiger partial charge in [-0.1, -0.05) is 0 Å². The van der Waals surface area contributed by atoms with Crippen molar-refractivity contribution < 1.29 is 18.3 Å². The van der Waals surface area contributed by atoms with Crippen LogP contribution in [0.15, 0.2) is 0 Å². The van der Waals surface area contributed by atoms with Crippen molar-refractivity contribution in [3.05, 3.63) is 0 Å². The van der Waals surface area contributed by atoms with Crippen LogP contribution in [0.4, 0.5) is 8.78 Å². The Morgan fingerprint density at radius 1 is 1.26 bits per heavy atom. The molecule has 2 saturated heterocycles. The fourth-order valence-corrected chi connectivity index (χ4v) is 2.72. The minimum Gasteiger partial charge on any atom is -0.373 e. The summed E-state index contributed by atoms with van der Waals surface area (Å²) in [5, 5.41) is 0. The van der Waals surface area contributed by atoms with Crippen LogP contribution >= 0.6 is 0 Å². The van der Waals surface area contributed by atoms with Crippen LogP contribution in [0.2, 0.25) is 0 Å². The summed E-state index contributed by atoms with van der Waals surface area (Å²) in [5.74, 6) is -2.92. The summed E-state index contributed by atoms with van der Waals surface area (Å²) in [6.45, 7) is 6.08. The number of likely N-dealkylation sites (tertiary alicyclic amines) is 1. The number of hydrogen-bond acceptors (Lipinski definition) is 3. The molecule has 4 nitrogen and oxygen atoms in total. The second-order valence-corrected chi connectivity index (χ2v) is 6.09. The molecule has 0 spiro atoms. The molecule has 0 N–H and O–H groups in total. The number of alkyl halides is 2. The van der Waals surface area contributed by atoms with Gasteiger partial charge in [0.15, 0.2) is 0 Å². The third-order valence-electron chi connectivity index (χ3n) is 3.61. The van der Waals surface area contributed by atoms with Crippen LogP contribution in [-0.2, 0) is 9.53 Å². The standard InChI is InChI=1S/C13H22F2N2O2/c1-12(2)9-16(6-7-19-12)8-11(18)17-5-3-4-13(14,15)10-17/h3-10H2,1-2H3. The quantitative estimate of drug-likeness (QED) is 0.763. The van der Waals surface area contributed by atoms with Gasteiger partial charge in [0.05, 0.1) is 25.3 Å². The van der Waals surface area contributed by atoms with Crippen LogP contribution in [0.3, 0.4) is 0 Å². The molecule has 0 saturated carbocycles. The number of morpholine rings is 1. The van der Waals surface area contributed by atoms with Crippen molar-refractivity contribution in [1.82, 2.24) is 9.80 Å². The van der Waals surface area contributed by atoms with E-state index in [2.05, 4.69) is 0 Å². The van der Waals surface area contributed by atoms with Crippen molar-refractivity contribution in [2.45, 2.75) is 38.2 Å². The summed E-state index contributed by atoms with van der Waals surface area (Å²) in [6, 6.07) is 0. The summed E-state index contributed by atoms with van der Waals surface area (Å²) in [6.07, 6.45) is 0.273. The highest BCUT2D eigenvalue weighted by atomic mass is 19.3. The topological polar surface area (TPSA) is 32.8 Å². The Labute approximate surface area is 112 Å². The molecule has 110 valence electrons. The van der Waals surface area contributed by atoms with Crippen molar-refractivity contribution in [3.8, 4) is 0 Å². The number of carbonyl (C=O) groups is 1. The Hall–Kier alpha value is -0.750. The van der Waals surface area contributed by atoms with E-state index in [4.69, 9.17) is 4.74 Å². The third-order valence-corrected chi connectivity index (χ3v) is 3.61. The first kappa shape index (κ1) is 14.7. The second-order valence-electron chi connectivity index (χ2n) is 6.09. The lowest BCUT2D eigenvalue weighted by atomic mass is 10.1. The zero-order chi connectivity index (χ0) is 14.1. The molecule has 6 heteroatoms. The monoisotopic (exact) mass is 276 g/mol. The van der Waals surface area contributed by atoms with Crippen LogP contribution in [0, 0.1) is 0 Å². The first-order valence-electron chi connectivity index (χ1n) is 6.79. The molecule has 2 aliphatic heterocycles. The highest BCUT2D eigenvalue weighted by Gasteiger charge is 2.37. The number of halogens is 2. The van der Waals surface area contributed by atoms with E-state index in [0.29, 0.717) is 32.7 Å². The van der Waals surface area contributed by atoms with Crippen LogP contribution < -0.4 is 0 Å². The maximum Gasteiger partial charge on any atom is 0.265 e. The van der Waals surface area contributed by atoms with Gasteiger partial charge in [0.1, 0.15) is 0 Å². The van der Waals surface area contributed by atoms with Gasteiger partial charge in [-0.3, -0.25) is 9.69 Å². The lowest BCUT2D eigenvalue weighted by Gasteiger charge is -2.39. The van der Waals surface area contributed by atoms with Crippen molar-refractivity contribution in [1.29, 1.82) is 0 Å². The molecule has 0 aromatic rings. The van der Waals surface area contributed by atoms with Gasteiger partial charge in [0.2, 0.25) is 5.91 Å². The van der Waals surface area contributed by atoms with Gasteiger partial charge in [0.25, 0.3) is 5.92 Å². The zero-order valence-electron chi connectivity index (χ0n) is 11.6. The molecule has 0 aromatic heterocycles. The van der Waals surface area contributed by atoms with E-state index in [9.17, 15) is 13.6 Å². The minimum atomic E-state index is -2.72. The van der Waals surface area contributed by atoms with Crippen molar-refractivity contribution in [3.63, 3.8) is 0 Å². The zero-order valence-corrected chi connectivity index (χ0v) is 11.6. The summed E-state index contributed by atoms with van der Waals surface area (Å²) in [5.41, 5.74) is -0.273. The number of ether oxygens (including phenoxy) is 1. The van der Waals surface area contributed by atoms with Gasteiger partial charge in [-0.05, 0) is 20.3 Å². The van der Waals surface area contributed by atoms with E-state index in [0.717, 1.165) is 0 Å². The number of rotatable bonds is 2. The van der Waals surface area contributed by atoms with Crippen molar-refractivity contribution in [2.75, 3.05) is 39.3 Å². The molecule has 0 bridgehead atoms. The van der Waals surface area contributed by atoms with Crippen LogP contribution in [0.5, 0.6) is 0 Å². The number of nitrogens with zero attached hydrogens (tertiary/aromatic N) is 2. The fourth-order valence-electron chi connectivity index (χ4n) is 2.72. The van der Waals surface area contributed by atoms with Gasteiger partial charge in [-0.25, -0.2) is 8.78 Å². The van der Waals surface area contributed by atoms with Crippen LogP contribution in [0.25, 0.3) is 0 Å². The van der Waals surface area contributed by atoms with Crippen molar-refractivity contribution >= 4 is 5.91 Å². The molecule has 0 aromatic carbocycles. The number of hydrogen-bond donors (Lipinski definition) is 0. The van der Waals surface area contributed by atoms with Gasteiger partial charge in [-0.15, -0.1) is 0 Å². The van der Waals surface area contributed by atoms with Crippen LogP contribution in [-0.4, -0.2) is 66.6 Å². The van der Waals surface area contributed by atoms with Gasteiger partial charge in [0, 0.05) is 26.1 Å². The maximum absolute atomic E-state index is 13.3. The lowest BCUT2D eigenvalue weighted by molar-refractivity contribution is -0.146. The average Bonchev–Trinajstić information content (AvgIpc) is 2.26. The van der Waals surface area contributed by atoms with Crippen LogP contribution in [0.1, 0.15) is 26.7 Å². The Kier molecular flexibility index (Phi) is 4.11. The highest BCUT2D eigenvalue weighted by molar-refractivity contribution is 5.78. The van der Waals surface area contributed by atoms with Crippen molar-refractivity contribution in [2.24, 2.45) is 0 Å². The second kappa shape index (κ2) is 5.32. The van der Waals surface area contributed by atoms with Gasteiger partial charge >= 0.3 is 0 Å². The van der Waals surface area contributed by atoms with E-state index in [1.54, 1.807) is 0 Å². The largest absolute Gasteiger partial charge is 0.373 e. The molecule has 2 heterocycles. The summed E-state index contributed by atoms with van der Waals surface area (Å²) < 4.78 is 32.1. The first-order valence-corrected chi connectivity index (χ1v) is 6.79. The molecule has 0 radical (unpaired) electrons. The van der Waals surface area contributed by atoms with Gasteiger partial charge in [-0.2, -0.15) is 0 Å². The number of piperidine rings is 1. The number of amides is 1. The molecular weight excluding hydrogens is 254 g/mol. The smallest absolute Gasteiger partial charge is 0.265 e. The predicted octanol–water partition coefficient (Wildman–Crippen LogP) is 1.35. The summed E-state index contributed by atoms with van der Waals surface area (Å²) >= 11 is 0. The van der Waals surface area contributed by atoms with E-state index in [-0.39, 0.29) is 24.5 Å². The van der Waals surface area contributed by atoms with E-state index in [1.165, 1.54) is 4.90 Å². The molecule has 2 rings (SSSR count). The average molecular weight is 276 g/mol. The molecule has 2 aliphatic rings. The summed E-state index contributed by atoms with van der Waals surface area (Å²) in [4.78, 5) is 15.4. The third kappa shape index (κ3) is 4.11. The molecule has 1 amide bonds. The fraction of sp³-hybridized carbons (Fsp3) is 0.923. The SMILES string of the molecule is CC1(C)CN(CC(=O)N2CCCC(F)(F)C2)CCO1. The first-order chi connectivity index (χ1) is 8.77. The molecule has 2 fully saturated rings. The van der Waals surface area contributed by atoms with E-state index < -0.39 is 12.5 Å². The molecular formula is C13H22F2N2O2. The molecule has 0 atom stereocenters. The summed E-state index contributed by atoms with van der Waals surface area (Å²) in [7, 11) is 0. The van der Waals surface area contributed by atoms with Gasteiger partial charge < -0.3 is 9.64 Å². The predicted molar refractivity (Wildman–Crippen MR) is 67.2 cm³/mol. The Balaban J connectivity index is 1.87. The lowest BCUT2D eigenvalue weighted by Crippen LogP contribution is -2.53. The maximum atomic E-state index is 13.3. The molecule has 19 heavy (non-hydrogen) atoms. The molecule has 0 aliphatic carbocycles. The Bertz CT molecular complexity index is 348. The molecule has 0 unspecified atom stereocenters. The Morgan fingerprint density at radius 3 is 2.63 bits per heavy atom. The normalized spacial score (nSPS) is 27.3.